The maximum absolute atomic E-state index is 13.2. The lowest BCUT2D eigenvalue weighted by Crippen LogP contribution is -2.36. The monoisotopic (exact) mass is 324 g/mol. The average Bonchev–Trinajstić information content (AvgIpc) is 2.54. The number of aliphatic hydroxyl groups excluding tert-OH is 1. The quantitative estimate of drug-likeness (QED) is 0.806. The predicted octanol–water partition coefficient (Wildman–Crippen LogP) is 2.66. The fourth-order valence-corrected chi connectivity index (χ4v) is 2.82. The molecule has 1 heterocycles. The van der Waals surface area contributed by atoms with Crippen LogP contribution in [0.1, 0.15) is 31.2 Å². The third kappa shape index (κ3) is 4.30. The van der Waals surface area contributed by atoms with Crippen LogP contribution in [0.5, 0.6) is 0 Å². The largest absolute Gasteiger partial charge is 0.475 e. The van der Waals surface area contributed by atoms with Crippen molar-refractivity contribution in [3.05, 3.63) is 47.5 Å². The molecule has 6 heteroatoms. The lowest BCUT2D eigenvalue weighted by atomic mass is 9.80. The SMILES string of the molecule is CCO[C@@H]1OC(C(=O)O)=C[C@H](c2ccc(F)cc2)[C@H]1CCCO. The molecule has 5 nitrogen and oxygen atoms in total. The van der Waals surface area contributed by atoms with Gasteiger partial charge in [0, 0.05) is 25.0 Å². The molecule has 1 aromatic rings. The first kappa shape index (κ1) is 17.4. The van der Waals surface area contributed by atoms with Gasteiger partial charge < -0.3 is 19.7 Å². The van der Waals surface area contributed by atoms with E-state index in [0.29, 0.717) is 19.4 Å². The predicted molar refractivity (Wildman–Crippen MR) is 81.2 cm³/mol. The van der Waals surface area contributed by atoms with Gasteiger partial charge >= 0.3 is 5.97 Å². The highest BCUT2D eigenvalue weighted by atomic mass is 19.1. The van der Waals surface area contributed by atoms with Crippen LogP contribution in [0, 0.1) is 11.7 Å². The summed E-state index contributed by atoms with van der Waals surface area (Å²) in [5.74, 6) is -2.12. The molecule has 23 heavy (non-hydrogen) atoms. The van der Waals surface area contributed by atoms with Crippen LogP contribution in [0.15, 0.2) is 36.1 Å². The summed E-state index contributed by atoms with van der Waals surface area (Å²) >= 11 is 0. The Morgan fingerprint density at radius 3 is 2.61 bits per heavy atom. The van der Waals surface area contributed by atoms with Gasteiger partial charge in [0.15, 0.2) is 0 Å². The van der Waals surface area contributed by atoms with Crippen molar-refractivity contribution in [1.82, 2.24) is 0 Å². The Morgan fingerprint density at radius 1 is 1.35 bits per heavy atom. The highest BCUT2D eigenvalue weighted by Crippen LogP contribution is 2.39. The van der Waals surface area contributed by atoms with Gasteiger partial charge in [0.05, 0.1) is 0 Å². The number of carboxylic acids is 1. The van der Waals surface area contributed by atoms with E-state index >= 15 is 0 Å². The molecular formula is C17H21FO5. The minimum Gasteiger partial charge on any atom is -0.475 e. The molecule has 2 rings (SSSR count). The molecule has 0 aliphatic carbocycles. The van der Waals surface area contributed by atoms with E-state index in [1.54, 1.807) is 19.1 Å². The first-order valence-corrected chi connectivity index (χ1v) is 7.66. The van der Waals surface area contributed by atoms with E-state index in [9.17, 15) is 14.3 Å². The molecule has 1 aliphatic heterocycles. The van der Waals surface area contributed by atoms with Gasteiger partial charge in [0.25, 0.3) is 0 Å². The van der Waals surface area contributed by atoms with Crippen molar-refractivity contribution < 1.29 is 28.9 Å². The van der Waals surface area contributed by atoms with Gasteiger partial charge in [0.1, 0.15) is 5.82 Å². The molecule has 0 spiro atoms. The molecule has 3 atom stereocenters. The highest BCUT2D eigenvalue weighted by molar-refractivity contribution is 5.84. The summed E-state index contributed by atoms with van der Waals surface area (Å²) in [7, 11) is 0. The van der Waals surface area contributed by atoms with Crippen molar-refractivity contribution >= 4 is 5.97 Å². The first-order valence-electron chi connectivity index (χ1n) is 7.66. The standard InChI is InChI=1S/C17H21FO5/c1-2-22-17-13(4-3-9-19)14(10-15(23-17)16(20)21)11-5-7-12(18)8-6-11/h5-8,10,13-14,17,19H,2-4,9H2,1H3,(H,20,21)/t13-,14-,17-/m1/s1. The number of carbonyl (C=O) groups is 1. The summed E-state index contributed by atoms with van der Waals surface area (Å²) in [6.45, 7) is 2.21. The number of allylic oxidation sites excluding steroid dienone is 1. The van der Waals surface area contributed by atoms with Crippen LogP contribution in [0.4, 0.5) is 4.39 Å². The summed E-state index contributed by atoms with van der Waals surface area (Å²) in [4.78, 5) is 11.3. The minimum absolute atomic E-state index is 0.0288. The normalized spacial score (nSPS) is 24.0. The van der Waals surface area contributed by atoms with Crippen LogP contribution >= 0.6 is 0 Å². The van der Waals surface area contributed by atoms with Crippen molar-refractivity contribution in [1.29, 1.82) is 0 Å². The number of carboxylic acid groups (broad SMARTS) is 1. The highest BCUT2D eigenvalue weighted by Gasteiger charge is 2.37. The number of aliphatic hydroxyl groups is 1. The Hall–Kier alpha value is -1.92. The molecule has 0 radical (unpaired) electrons. The molecule has 0 bridgehead atoms. The molecule has 0 unspecified atom stereocenters. The number of ether oxygens (including phenoxy) is 2. The number of hydrogen-bond donors (Lipinski definition) is 2. The minimum atomic E-state index is -1.16. The fourth-order valence-electron chi connectivity index (χ4n) is 2.82. The first-order chi connectivity index (χ1) is 11.1. The van der Waals surface area contributed by atoms with Crippen LogP contribution in [0.2, 0.25) is 0 Å². The van der Waals surface area contributed by atoms with E-state index in [-0.39, 0.29) is 30.0 Å². The Kier molecular flexibility index (Phi) is 6.12. The molecule has 0 saturated heterocycles. The van der Waals surface area contributed by atoms with Gasteiger partial charge in [-0.05, 0) is 43.5 Å². The van der Waals surface area contributed by atoms with E-state index in [1.165, 1.54) is 18.2 Å². The van der Waals surface area contributed by atoms with Crippen LogP contribution in [0.25, 0.3) is 0 Å². The van der Waals surface area contributed by atoms with E-state index in [4.69, 9.17) is 14.6 Å². The van der Waals surface area contributed by atoms with Crippen molar-refractivity contribution in [3.8, 4) is 0 Å². The molecule has 0 amide bonds. The second-order valence-corrected chi connectivity index (χ2v) is 5.38. The van der Waals surface area contributed by atoms with Gasteiger partial charge in [-0.15, -0.1) is 0 Å². The third-order valence-electron chi connectivity index (χ3n) is 3.88. The molecule has 1 aromatic carbocycles. The smallest absolute Gasteiger partial charge is 0.370 e. The summed E-state index contributed by atoms with van der Waals surface area (Å²) < 4.78 is 24.2. The lowest BCUT2D eigenvalue weighted by molar-refractivity contribution is -0.173. The van der Waals surface area contributed by atoms with E-state index in [1.807, 2.05) is 0 Å². The number of hydrogen-bond acceptors (Lipinski definition) is 4. The molecular weight excluding hydrogens is 303 g/mol. The van der Waals surface area contributed by atoms with Crippen molar-refractivity contribution in [2.75, 3.05) is 13.2 Å². The summed E-state index contributed by atoms with van der Waals surface area (Å²) in [6.07, 6.45) is 1.98. The second-order valence-electron chi connectivity index (χ2n) is 5.38. The topological polar surface area (TPSA) is 76.0 Å². The third-order valence-corrected chi connectivity index (χ3v) is 3.88. The number of rotatable bonds is 7. The van der Waals surface area contributed by atoms with Gasteiger partial charge in [0.2, 0.25) is 12.0 Å². The van der Waals surface area contributed by atoms with Crippen molar-refractivity contribution in [3.63, 3.8) is 0 Å². The maximum Gasteiger partial charge on any atom is 0.370 e. The Balaban J connectivity index is 2.38. The maximum atomic E-state index is 13.2. The molecule has 0 saturated carbocycles. The van der Waals surface area contributed by atoms with Gasteiger partial charge in [-0.25, -0.2) is 9.18 Å². The summed E-state index contributed by atoms with van der Waals surface area (Å²) in [5, 5.41) is 18.4. The zero-order chi connectivity index (χ0) is 16.8. The number of aliphatic carboxylic acids is 1. The number of benzene rings is 1. The molecule has 1 aliphatic rings. The molecule has 0 aromatic heterocycles. The average molecular weight is 324 g/mol. The van der Waals surface area contributed by atoms with Crippen LogP contribution < -0.4 is 0 Å². The van der Waals surface area contributed by atoms with Gasteiger partial charge in [-0.2, -0.15) is 0 Å². The lowest BCUT2D eigenvalue weighted by Gasteiger charge is -2.36. The second kappa shape index (κ2) is 8.08. The fraction of sp³-hybridized carbons (Fsp3) is 0.471. The molecule has 126 valence electrons. The van der Waals surface area contributed by atoms with Crippen LogP contribution in [-0.2, 0) is 14.3 Å². The van der Waals surface area contributed by atoms with Crippen molar-refractivity contribution in [2.24, 2.45) is 5.92 Å². The van der Waals surface area contributed by atoms with E-state index < -0.39 is 12.3 Å². The molecule has 0 fully saturated rings. The Bertz CT molecular complexity index is 555. The zero-order valence-corrected chi connectivity index (χ0v) is 12.9. The number of halogens is 1. The van der Waals surface area contributed by atoms with Crippen LogP contribution in [-0.4, -0.2) is 35.7 Å². The molecule has 2 N–H and O–H groups in total. The van der Waals surface area contributed by atoms with Gasteiger partial charge in [-0.3, -0.25) is 0 Å². The Labute approximate surface area is 134 Å². The van der Waals surface area contributed by atoms with Crippen LogP contribution in [0.3, 0.4) is 0 Å². The van der Waals surface area contributed by atoms with Gasteiger partial charge in [-0.1, -0.05) is 12.1 Å². The zero-order valence-electron chi connectivity index (χ0n) is 12.9. The summed E-state index contributed by atoms with van der Waals surface area (Å²) in [6, 6.07) is 5.96. The summed E-state index contributed by atoms with van der Waals surface area (Å²) in [5.41, 5.74) is 0.793. The van der Waals surface area contributed by atoms with E-state index in [2.05, 4.69) is 0 Å². The Morgan fingerprint density at radius 2 is 2.04 bits per heavy atom. The van der Waals surface area contributed by atoms with Crippen molar-refractivity contribution in [2.45, 2.75) is 32.0 Å². The van der Waals surface area contributed by atoms with E-state index in [0.717, 1.165) is 5.56 Å².